The fourth-order valence-corrected chi connectivity index (χ4v) is 5.56. The summed E-state index contributed by atoms with van der Waals surface area (Å²) in [4.78, 5) is 0. The molecule has 1 aromatic carbocycles. The Balaban J connectivity index is 2.18. The Bertz CT molecular complexity index is 469. The first-order chi connectivity index (χ1) is 10.2. The SMILES string of the molecule is O=P1(N(CCCl)CCCl)OCCCN1Cc1ccccc1. The van der Waals surface area contributed by atoms with Crippen LogP contribution < -0.4 is 0 Å². The van der Waals surface area contributed by atoms with Gasteiger partial charge in [0, 0.05) is 37.9 Å². The largest absolute Gasteiger partial charge is 0.346 e. The van der Waals surface area contributed by atoms with Crippen LogP contribution in [0.2, 0.25) is 0 Å². The quantitative estimate of drug-likeness (QED) is 0.553. The lowest BCUT2D eigenvalue weighted by molar-refractivity contribution is 0.164. The van der Waals surface area contributed by atoms with Crippen LogP contribution in [-0.4, -0.2) is 47.3 Å². The molecule has 7 heteroatoms. The summed E-state index contributed by atoms with van der Waals surface area (Å²) in [5.41, 5.74) is 1.12. The van der Waals surface area contributed by atoms with Gasteiger partial charge in [0.05, 0.1) is 6.61 Å². The summed E-state index contributed by atoms with van der Waals surface area (Å²) in [6.07, 6.45) is 0.881. The monoisotopic (exact) mass is 350 g/mol. The number of rotatable bonds is 7. The topological polar surface area (TPSA) is 32.8 Å². The second-order valence-electron chi connectivity index (χ2n) is 4.88. The van der Waals surface area contributed by atoms with Gasteiger partial charge in [0.2, 0.25) is 0 Å². The lowest BCUT2D eigenvalue weighted by Crippen LogP contribution is -2.38. The van der Waals surface area contributed by atoms with Gasteiger partial charge in [-0.05, 0) is 12.0 Å². The van der Waals surface area contributed by atoms with Crippen LogP contribution in [0.15, 0.2) is 30.3 Å². The summed E-state index contributed by atoms with van der Waals surface area (Å²) in [5.74, 6) is 0.812. The highest BCUT2D eigenvalue weighted by Crippen LogP contribution is 2.56. The van der Waals surface area contributed by atoms with Gasteiger partial charge >= 0.3 is 7.67 Å². The Labute approximate surface area is 136 Å². The van der Waals surface area contributed by atoms with Gasteiger partial charge in [0.1, 0.15) is 0 Å². The van der Waals surface area contributed by atoms with E-state index in [2.05, 4.69) is 0 Å². The number of nitrogens with zero attached hydrogens (tertiary/aromatic N) is 2. The molecule has 0 amide bonds. The summed E-state index contributed by atoms with van der Waals surface area (Å²) in [6.45, 7) is 2.91. The molecule has 1 aliphatic rings. The molecule has 118 valence electrons. The molecule has 1 fully saturated rings. The van der Waals surface area contributed by atoms with E-state index in [9.17, 15) is 4.57 Å². The van der Waals surface area contributed by atoms with Gasteiger partial charge in [-0.25, -0.2) is 9.34 Å². The maximum atomic E-state index is 13.4. The van der Waals surface area contributed by atoms with Crippen molar-refractivity contribution in [1.29, 1.82) is 0 Å². The molecule has 0 saturated carbocycles. The van der Waals surface area contributed by atoms with E-state index in [-0.39, 0.29) is 0 Å². The van der Waals surface area contributed by atoms with Gasteiger partial charge in [-0.3, -0.25) is 4.57 Å². The molecule has 4 nitrogen and oxygen atoms in total. The second-order valence-corrected chi connectivity index (χ2v) is 8.01. The van der Waals surface area contributed by atoms with Gasteiger partial charge in [0.15, 0.2) is 0 Å². The molecule has 0 bridgehead atoms. The zero-order valence-electron chi connectivity index (χ0n) is 12.0. The van der Waals surface area contributed by atoms with Crippen LogP contribution >= 0.6 is 30.9 Å². The van der Waals surface area contributed by atoms with E-state index in [1.165, 1.54) is 0 Å². The van der Waals surface area contributed by atoms with Crippen LogP contribution in [0.4, 0.5) is 0 Å². The average Bonchev–Trinajstić information content (AvgIpc) is 2.50. The lowest BCUT2D eigenvalue weighted by Gasteiger charge is -2.40. The van der Waals surface area contributed by atoms with Crippen molar-refractivity contribution < 1.29 is 9.09 Å². The molecule has 21 heavy (non-hydrogen) atoms. The minimum absolute atomic E-state index is 0.406. The summed E-state index contributed by atoms with van der Waals surface area (Å²) in [6, 6.07) is 10.0. The predicted octanol–water partition coefficient (Wildman–Crippen LogP) is 3.80. The summed E-state index contributed by atoms with van der Waals surface area (Å²) in [7, 11) is -3.03. The van der Waals surface area contributed by atoms with Crippen LogP contribution in [0.3, 0.4) is 0 Å². The minimum Gasteiger partial charge on any atom is -0.306 e. The van der Waals surface area contributed by atoms with Crippen molar-refractivity contribution in [2.24, 2.45) is 0 Å². The van der Waals surface area contributed by atoms with Crippen LogP contribution in [0.5, 0.6) is 0 Å². The van der Waals surface area contributed by atoms with E-state index in [1.807, 2.05) is 35.0 Å². The third-order valence-electron chi connectivity index (χ3n) is 3.43. The molecule has 1 atom stereocenters. The van der Waals surface area contributed by atoms with Crippen LogP contribution in [0.25, 0.3) is 0 Å². The fourth-order valence-electron chi connectivity index (χ4n) is 2.42. The van der Waals surface area contributed by atoms with E-state index in [0.717, 1.165) is 18.5 Å². The molecular weight excluding hydrogens is 330 g/mol. The first kappa shape index (κ1) is 17.3. The second kappa shape index (κ2) is 8.52. The smallest absolute Gasteiger partial charge is 0.306 e. The summed E-state index contributed by atoms with van der Waals surface area (Å²) < 4.78 is 22.8. The van der Waals surface area contributed by atoms with Crippen LogP contribution in [0.1, 0.15) is 12.0 Å². The van der Waals surface area contributed by atoms with Gasteiger partial charge < -0.3 is 4.52 Å². The fraction of sp³-hybridized carbons (Fsp3) is 0.571. The number of alkyl halides is 2. The number of benzene rings is 1. The molecule has 0 aliphatic carbocycles. The van der Waals surface area contributed by atoms with Gasteiger partial charge in [-0.2, -0.15) is 0 Å². The first-order valence-corrected chi connectivity index (χ1v) is 9.72. The predicted molar refractivity (Wildman–Crippen MR) is 88.0 cm³/mol. The van der Waals surface area contributed by atoms with E-state index >= 15 is 0 Å². The van der Waals surface area contributed by atoms with Crippen molar-refractivity contribution in [2.45, 2.75) is 13.0 Å². The van der Waals surface area contributed by atoms with Crippen molar-refractivity contribution >= 4 is 30.9 Å². The van der Waals surface area contributed by atoms with Crippen molar-refractivity contribution in [3.8, 4) is 0 Å². The molecule has 1 aromatic rings. The summed E-state index contributed by atoms with van der Waals surface area (Å²) in [5, 5.41) is 0. The van der Waals surface area contributed by atoms with Gasteiger partial charge in [-0.1, -0.05) is 30.3 Å². The van der Waals surface area contributed by atoms with Crippen molar-refractivity contribution in [2.75, 3.05) is 38.0 Å². The average molecular weight is 351 g/mol. The summed E-state index contributed by atoms with van der Waals surface area (Å²) >= 11 is 11.7. The lowest BCUT2D eigenvalue weighted by atomic mass is 10.2. The molecule has 2 rings (SSSR count). The van der Waals surface area contributed by atoms with E-state index < -0.39 is 7.67 Å². The van der Waals surface area contributed by atoms with E-state index in [1.54, 1.807) is 4.67 Å². The number of halogens is 2. The Morgan fingerprint density at radius 2 is 1.86 bits per heavy atom. The Morgan fingerprint density at radius 1 is 1.19 bits per heavy atom. The molecule has 0 spiro atoms. The number of hydrogen-bond donors (Lipinski definition) is 0. The molecule has 1 aliphatic heterocycles. The highest BCUT2D eigenvalue weighted by atomic mass is 35.5. The highest BCUT2D eigenvalue weighted by molar-refractivity contribution is 7.54. The Morgan fingerprint density at radius 3 is 2.48 bits per heavy atom. The van der Waals surface area contributed by atoms with Gasteiger partial charge in [0.25, 0.3) is 0 Å². The van der Waals surface area contributed by atoms with Crippen LogP contribution in [-0.2, 0) is 15.6 Å². The van der Waals surface area contributed by atoms with Crippen molar-refractivity contribution in [3.05, 3.63) is 35.9 Å². The zero-order chi connectivity index (χ0) is 15.1. The Hall–Kier alpha value is -0.0900. The van der Waals surface area contributed by atoms with Gasteiger partial charge in [-0.15, -0.1) is 23.2 Å². The number of hydrogen-bond acceptors (Lipinski definition) is 2. The minimum atomic E-state index is -3.03. The molecular formula is C14H21Cl2N2O2P. The standard InChI is InChI=1S/C14H21Cl2N2O2P/c15-7-10-17(11-8-16)21(19)18(9-4-12-20-21)13-14-5-2-1-3-6-14/h1-3,5-6H,4,7-13H2. The highest BCUT2D eigenvalue weighted by Gasteiger charge is 2.40. The maximum absolute atomic E-state index is 13.4. The van der Waals surface area contributed by atoms with Crippen LogP contribution in [0, 0.1) is 0 Å². The van der Waals surface area contributed by atoms with Crippen molar-refractivity contribution in [1.82, 2.24) is 9.34 Å². The van der Waals surface area contributed by atoms with Crippen molar-refractivity contribution in [3.63, 3.8) is 0 Å². The molecule has 0 N–H and O–H groups in total. The molecule has 0 aromatic heterocycles. The zero-order valence-corrected chi connectivity index (χ0v) is 14.4. The maximum Gasteiger partial charge on any atom is 0.346 e. The van der Waals surface area contributed by atoms with E-state index in [4.69, 9.17) is 27.7 Å². The molecule has 1 saturated heterocycles. The Kier molecular flexibility index (Phi) is 7.00. The molecule has 0 radical (unpaired) electrons. The first-order valence-electron chi connectivity index (χ1n) is 7.12. The van der Waals surface area contributed by atoms with E-state index in [0.29, 0.717) is 38.0 Å². The third kappa shape index (κ3) is 4.44. The normalized spacial score (nSPS) is 23.6. The molecule has 1 heterocycles. The third-order valence-corrected chi connectivity index (χ3v) is 6.46. The molecule has 1 unspecified atom stereocenters.